The molecule has 6 heteroatoms. The lowest BCUT2D eigenvalue weighted by atomic mass is 9.87. The molecular formula is C22H39NO5. The summed E-state index contributed by atoms with van der Waals surface area (Å²) in [4.78, 5) is 24.8. The van der Waals surface area contributed by atoms with Crippen LogP contribution in [0.4, 0.5) is 4.79 Å². The van der Waals surface area contributed by atoms with E-state index < -0.39 is 29.8 Å². The topological polar surface area (TPSA) is 73.9 Å². The van der Waals surface area contributed by atoms with Crippen molar-refractivity contribution in [3.05, 3.63) is 12.2 Å². The summed E-state index contributed by atoms with van der Waals surface area (Å²) in [6, 6.07) is -0.707. The van der Waals surface area contributed by atoms with Crippen molar-refractivity contribution in [2.45, 2.75) is 104 Å². The largest absolute Gasteiger partial charge is 0.458 e. The Morgan fingerprint density at radius 3 is 2.50 bits per heavy atom. The molecule has 28 heavy (non-hydrogen) atoms. The molecule has 0 aromatic rings. The number of rotatable bonds is 6. The Hall–Kier alpha value is -1.56. The number of cyclic esters (lactones) is 1. The first-order valence-corrected chi connectivity index (χ1v) is 10.5. The van der Waals surface area contributed by atoms with E-state index in [1.165, 1.54) is 0 Å². The van der Waals surface area contributed by atoms with Gasteiger partial charge in [0.05, 0.1) is 12.7 Å². The summed E-state index contributed by atoms with van der Waals surface area (Å²) in [5.41, 5.74) is 0.321. The van der Waals surface area contributed by atoms with Gasteiger partial charge in [0.25, 0.3) is 0 Å². The van der Waals surface area contributed by atoms with E-state index in [0.29, 0.717) is 18.9 Å². The summed E-state index contributed by atoms with van der Waals surface area (Å²) < 4.78 is 17.1. The van der Waals surface area contributed by atoms with Gasteiger partial charge in [-0.25, -0.2) is 9.59 Å². The average Bonchev–Trinajstić information content (AvgIpc) is 2.54. The van der Waals surface area contributed by atoms with Crippen LogP contribution in [0.1, 0.15) is 80.1 Å². The highest BCUT2D eigenvalue weighted by Crippen LogP contribution is 2.27. The van der Waals surface area contributed by atoms with Crippen molar-refractivity contribution >= 4 is 12.1 Å². The molecule has 4 atom stereocenters. The Balaban J connectivity index is 2.87. The predicted molar refractivity (Wildman–Crippen MR) is 110 cm³/mol. The van der Waals surface area contributed by atoms with E-state index in [1.54, 1.807) is 20.8 Å². The lowest BCUT2D eigenvalue weighted by molar-refractivity contribution is -0.162. The van der Waals surface area contributed by atoms with Crippen LogP contribution in [0.15, 0.2) is 12.2 Å². The molecule has 0 aromatic heterocycles. The molecule has 1 fully saturated rings. The van der Waals surface area contributed by atoms with Crippen LogP contribution < -0.4 is 5.32 Å². The van der Waals surface area contributed by atoms with Gasteiger partial charge in [-0.3, -0.25) is 0 Å². The first-order valence-electron chi connectivity index (χ1n) is 10.5. The molecule has 1 N–H and O–H groups in total. The molecular weight excluding hydrogens is 358 g/mol. The van der Waals surface area contributed by atoms with Crippen molar-refractivity contribution < 1.29 is 23.8 Å². The number of esters is 1. The van der Waals surface area contributed by atoms with Crippen molar-refractivity contribution in [1.29, 1.82) is 0 Å². The van der Waals surface area contributed by atoms with Crippen LogP contribution >= 0.6 is 0 Å². The van der Waals surface area contributed by atoms with Gasteiger partial charge < -0.3 is 19.5 Å². The van der Waals surface area contributed by atoms with Gasteiger partial charge in [0.1, 0.15) is 17.7 Å². The number of ether oxygens (including phenoxy) is 3. The molecule has 0 saturated carbocycles. The first kappa shape index (κ1) is 24.5. The van der Waals surface area contributed by atoms with E-state index in [4.69, 9.17) is 14.2 Å². The minimum Gasteiger partial charge on any atom is -0.458 e. The molecule has 0 spiro atoms. The molecule has 1 saturated heterocycles. The molecule has 1 heterocycles. The van der Waals surface area contributed by atoms with E-state index >= 15 is 0 Å². The number of hydrogen-bond acceptors (Lipinski definition) is 5. The lowest BCUT2D eigenvalue weighted by Gasteiger charge is -2.34. The average molecular weight is 398 g/mol. The molecule has 6 nitrogen and oxygen atoms in total. The minimum atomic E-state index is -0.707. The van der Waals surface area contributed by atoms with Crippen LogP contribution in [0.2, 0.25) is 0 Å². The van der Waals surface area contributed by atoms with Crippen molar-refractivity contribution in [1.82, 2.24) is 5.32 Å². The Bertz CT molecular complexity index is 526. The summed E-state index contributed by atoms with van der Waals surface area (Å²) >= 11 is 0. The minimum absolute atomic E-state index is 0.180. The number of amides is 1. The Kier molecular flexibility index (Phi) is 10.0. The maximum absolute atomic E-state index is 12.7. The second-order valence-corrected chi connectivity index (χ2v) is 8.91. The maximum atomic E-state index is 12.7. The summed E-state index contributed by atoms with van der Waals surface area (Å²) in [6.07, 6.45) is 4.27. The Morgan fingerprint density at radius 1 is 1.29 bits per heavy atom. The molecule has 1 amide bonds. The quantitative estimate of drug-likeness (QED) is 0.516. The number of nitrogens with one attached hydrogen (secondary N) is 1. The number of carbonyl (C=O) groups excluding carboxylic acids is 2. The van der Waals surface area contributed by atoms with Gasteiger partial charge in [0.2, 0.25) is 0 Å². The number of hydrogen-bond donors (Lipinski definition) is 1. The zero-order valence-electron chi connectivity index (χ0n) is 18.5. The first-order chi connectivity index (χ1) is 13.0. The van der Waals surface area contributed by atoms with E-state index in [2.05, 4.69) is 18.8 Å². The van der Waals surface area contributed by atoms with E-state index in [-0.39, 0.29) is 6.10 Å². The smallest absolute Gasteiger partial charge is 0.408 e. The third kappa shape index (κ3) is 9.09. The van der Waals surface area contributed by atoms with Gasteiger partial charge in [-0.2, -0.15) is 0 Å². The molecule has 1 aliphatic heterocycles. The SMILES string of the molecule is C=C(C)CO[C@@H]1[C@@H](CCC)CCCC[C@H](NC(=O)OC(C)(C)C)C(=O)O[C@H]1C. The number of alkyl carbamates (subject to hydrolysis) is 1. The van der Waals surface area contributed by atoms with Gasteiger partial charge >= 0.3 is 12.1 Å². The third-order valence-electron chi connectivity index (χ3n) is 4.70. The van der Waals surface area contributed by atoms with Gasteiger partial charge in [0, 0.05) is 0 Å². The summed E-state index contributed by atoms with van der Waals surface area (Å²) in [5.74, 6) is -0.0954. The fourth-order valence-electron chi connectivity index (χ4n) is 3.52. The molecule has 1 aliphatic rings. The highest BCUT2D eigenvalue weighted by Gasteiger charge is 2.34. The molecule has 162 valence electrons. The van der Waals surface area contributed by atoms with E-state index in [9.17, 15) is 9.59 Å². The van der Waals surface area contributed by atoms with E-state index in [0.717, 1.165) is 37.7 Å². The highest BCUT2D eigenvalue weighted by atomic mass is 16.6. The number of carbonyl (C=O) groups is 2. The fraction of sp³-hybridized carbons (Fsp3) is 0.818. The third-order valence-corrected chi connectivity index (χ3v) is 4.70. The Morgan fingerprint density at radius 2 is 1.93 bits per heavy atom. The van der Waals surface area contributed by atoms with Crippen LogP contribution in [0, 0.1) is 5.92 Å². The van der Waals surface area contributed by atoms with Gasteiger partial charge in [-0.15, -0.1) is 0 Å². The standard InChI is InChI=1S/C22H39NO5/c1-8-11-17-12-9-10-13-18(23-21(25)28-22(5,6)7)20(24)27-16(4)19(17)26-14-15(2)3/h16-19H,2,8-14H2,1,3-7H3,(H,23,25)/t16-,17-,18-,19-/m0/s1. The van der Waals surface area contributed by atoms with Crippen molar-refractivity contribution in [2.75, 3.05) is 6.61 Å². The molecule has 0 bridgehead atoms. The summed E-state index contributed by atoms with van der Waals surface area (Å²) in [7, 11) is 0. The van der Waals surface area contributed by atoms with Crippen LogP contribution in [0.25, 0.3) is 0 Å². The van der Waals surface area contributed by atoms with Crippen molar-refractivity contribution in [3.63, 3.8) is 0 Å². The molecule has 1 rings (SSSR count). The van der Waals surface area contributed by atoms with Crippen LogP contribution in [0.3, 0.4) is 0 Å². The molecule has 0 aliphatic carbocycles. The molecule has 0 aromatic carbocycles. The van der Waals surface area contributed by atoms with Crippen LogP contribution in [-0.2, 0) is 19.0 Å². The summed E-state index contributed by atoms with van der Waals surface area (Å²) in [6.45, 7) is 15.7. The van der Waals surface area contributed by atoms with Gasteiger partial charge in [-0.1, -0.05) is 38.3 Å². The summed E-state index contributed by atoms with van der Waals surface area (Å²) in [5, 5.41) is 2.67. The Labute approximate surface area is 170 Å². The van der Waals surface area contributed by atoms with Gasteiger partial charge in [-0.05, 0) is 59.8 Å². The zero-order valence-corrected chi connectivity index (χ0v) is 18.5. The van der Waals surface area contributed by atoms with Crippen molar-refractivity contribution in [2.24, 2.45) is 5.92 Å². The molecule has 0 unspecified atom stereocenters. The normalized spacial score (nSPS) is 26.9. The maximum Gasteiger partial charge on any atom is 0.408 e. The fourth-order valence-corrected chi connectivity index (χ4v) is 3.52. The second kappa shape index (κ2) is 11.4. The zero-order chi connectivity index (χ0) is 21.3. The van der Waals surface area contributed by atoms with Gasteiger partial charge in [0.15, 0.2) is 0 Å². The van der Waals surface area contributed by atoms with E-state index in [1.807, 2.05) is 13.8 Å². The highest BCUT2D eigenvalue weighted by molar-refractivity contribution is 5.81. The van der Waals surface area contributed by atoms with Crippen LogP contribution in [-0.4, -0.2) is 42.5 Å². The predicted octanol–water partition coefficient (Wildman–Crippen LogP) is 4.76. The van der Waals surface area contributed by atoms with Crippen molar-refractivity contribution in [3.8, 4) is 0 Å². The lowest BCUT2D eigenvalue weighted by Crippen LogP contribution is -2.47. The molecule has 0 radical (unpaired) electrons. The van der Waals surface area contributed by atoms with Crippen LogP contribution in [0.5, 0.6) is 0 Å². The monoisotopic (exact) mass is 397 g/mol. The second-order valence-electron chi connectivity index (χ2n) is 8.91.